The molecule has 3 heterocycles. The van der Waals surface area contributed by atoms with E-state index in [9.17, 15) is 4.79 Å². The number of aryl methyl sites for hydroxylation is 3. The summed E-state index contributed by atoms with van der Waals surface area (Å²) in [6.07, 6.45) is 3.79. The molecule has 130 valence electrons. The zero-order valence-electron chi connectivity index (χ0n) is 14.6. The lowest BCUT2D eigenvalue weighted by molar-refractivity contribution is 0.0761. The Morgan fingerprint density at radius 1 is 1.50 bits per heavy atom. The number of imidazole rings is 1. The van der Waals surface area contributed by atoms with Crippen LogP contribution in [0.1, 0.15) is 58.3 Å². The number of rotatable bonds is 5. The highest BCUT2D eigenvalue weighted by Crippen LogP contribution is 2.26. The van der Waals surface area contributed by atoms with Crippen LogP contribution in [0, 0.1) is 13.8 Å². The lowest BCUT2D eigenvalue weighted by Gasteiger charge is -2.24. The van der Waals surface area contributed by atoms with Gasteiger partial charge in [0, 0.05) is 31.8 Å². The van der Waals surface area contributed by atoms with Crippen LogP contribution in [0.15, 0.2) is 6.20 Å². The lowest BCUT2D eigenvalue weighted by Crippen LogP contribution is -2.40. The third-order valence-corrected chi connectivity index (χ3v) is 5.55. The topological polar surface area (TPSA) is 69.0 Å². The first-order valence-electron chi connectivity index (χ1n) is 8.40. The Hall–Kier alpha value is -1.73. The molecule has 24 heavy (non-hydrogen) atoms. The van der Waals surface area contributed by atoms with Crippen LogP contribution in [-0.4, -0.2) is 33.1 Å². The molecule has 2 aromatic heterocycles. The molecule has 0 saturated heterocycles. The molecular weight excluding hydrogens is 324 g/mol. The van der Waals surface area contributed by atoms with E-state index in [1.165, 1.54) is 11.3 Å². The van der Waals surface area contributed by atoms with Crippen LogP contribution in [0.2, 0.25) is 0 Å². The predicted octanol–water partition coefficient (Wildman–Crippen LogP) is 2.80. The van der Waals surface area contributed by atoms with Gasteiger partial charge in [-0.2, -0.15) is 0 Å². The van der Waals surface area contributed by atoms with Gasteiger partial charge in [-0.15, -0.1) is 11.3 Å². The number of thiazole rings is 1. The molecule has 1 amide bonds. The smallest absolute Gasteiger partial charge is 0.263 e. The van der Waals surface area contributed by atoms with Crippen molar-refractivity contribution in [2.75, 3.05) is 6.61 Å². The molecule has 3 rings (SSSR count). The standard InChI is InChI=1S/C17H24N4O2S/c1-5-23-12(4)17-19-11(3)15(24-17)16(22)20-13-6-7-14-18-10(2)8-21(14)9-13/h8,12-13H,5-7,9H2,1-4H3,(H,20,22)/t12-,13-/m1/s1. The van der Waals surface area contributed by atoms with Crippen molar-refractivity contribution in [3.05, 3.63) is 33.3 Å². The molecule has 0 saturated carbocycles. The largest absolute Gasteiger partial charge is 0.372 e. The van der Waals surface area contributed by atoms with E-state index in [1.54, 1.807) is 0 Å². The molecule has 0 aliphatic carbocycles. The Labute approximate surface area is 146 Å². The summed E-state index contributed by atoms with van der Waals surface area (Å²) in [4.78, 5) is 22.3. The van der Waals surface area contributed by atoms with E-state index in [4.69, 9.17) is 4.74 Å². The predicted molar refractivity (Wildman–Crippen MR) is 93.4 cm³/mol. The molecular formula is C17H24N4O2S. The van der Waals surface area contributed by atoms with Crippen LogP contribution in [0.4, 0.5) is 0 Å². The Balaban J connectivity index is 1.67. The van der Waals surface area contributed by atoms with Gasteiger partial charge in [-0.05, 0) is 34.1 Å². The van der Waals surface area contributed by atoms with Gasteiger partial charge < -0.3 is 14.6 Å². The van der Waals surface area contributed by atoms with Crippen molar-refractivity contribution in [2.45, 2.75) is 59.2 Å². The summed E-state index contributed by atoms with van der Waals surface area (Å²) in [5.74, 6) is 1.07. The van der Waals surface area contributed by atoms with Crippen LogP contribution in [-0.2, 0) is 17.7 Å². The Kier molecular flexibility index (Phi) is 5.01. The number of hydrogen-bond donors (Lipinski definition) is 1. The molecule has 1 aliphatic heterocycles. The summed E-state index contributed by atoms with van der Waals surface area (Å²) < 4.78 is 7.72. The first kappa shape index (κ1) is 17.1. The second kappa shape index (κ2) is 7.03. The minimum Gasteiger partial charge on any atom is -0.372 e. The number of amides is 1. The molecule has 7 heteroatoms. The van der Waals surface area contributed by atoms with Crippen molar-refractivity contribution in [1.29, 1.82) is 0 Å². The number of carbonyl (C=O) groups is 1. The van der Waals surface area contributed by atoms with E-state index in [-0.39, 0.29) is 18.1 Å². The van der Waals surface area contributed by atoms with Gasteiger partial charge in [0.05, 0.1) is 11.4 Å². The molecule has 0 aromatic carbocycles. The van der Waals surface area contributed by atoms with Gasteiger partial charge in [-0.1, -0.05) is 0 Å². The highest BCUT2D eigenvalue weighted by Gasteiger charge is 2.24. The maximum atomic E-state index is 12.6. The van der Waals surface area contributed by atoms with Crippen molar-refractivity contribution in [2.24, 2.45) is 0 Å². The summed E-state index contributed by atoms with van der Waals surface area (Å²) in [7, 11) is 0. The van der Waals surface area contributed by atoms with E-state index < -0.39 is 0 Å². The van der Waals surface area contributed by atoms with Gasteiger partial charge >= 0.3 is 0 Å². The van der Waals surface area contributed by atoms with Gasteiger partial charge in [0.2, 0.25) is 0 Å². The molecule has 6 nitrogen and oxygen atoms in total. The van der Waals surface area contributed by atoms with Gasteiger partial charge in [-0.25, -0.2) is 9.97 Å². The van der Waals surface area contributed by atoms with Gasteiger partial charge in [0.1, 0.15) is 21.8 Å². The number of aromatic nitrogens is 3. The van der Waals surface area contributed by atoms with Crippen LogP contribution < -0.4 is 5.32 Å². The van der Waals surface area contributed by atoms with Crippen LogP contribution in [0.25, 0.3) is 0 Å². The van der Waals surface area contributed by atoms with Crippen molar-refractivity contribution in [1.82, 2.24) is 19.9 Å². The quantitative estimate of drug-likeness (QED) is 0.902. The number of ether oxygens (including phenoxy) is 1. The fourth-order valence-corrected chi connectivity index (χ4v) is 4.05. The first-order valence-corrected chi connectivity index (χ1v) is 9.22. The van der Waals surface area contributed by atoms with Crippen molar-refractivity contribution < 1.29 is 9.53 Å². The fraction of sp³-hybridized carbons (Fsp3) is 0.588. The summed E-state index contributed by atoms with van der Waals surface area (Å²) in [6.45, 7) is 9.22. The monoisotopic (exact) mass is 348 g/mol. The van der Waals surface area contributed by atoms with Gasteiger partial charge in [-0.3, -0.25) is 4.79 Å². The highest BCUT2D eigenvalue weighted by molar-refractivity contribution is 7.13. The first-order chi connectivity index (χ1) is 11.5. The number of carbonyl (C=O) groups excluding carboxylic acids is 1. The summed E-state index contributed by atoms with van der Waals surface area (Å²) in [5, 5.41) is 4.01. The Morgan fingerprint density at radius 3 is 3.04 bits per heavy atom. The minimum atomic E-state index is -0.0774. The van der Waals surface area contributed by atoms with E-state index in [1.807, 2.05) is 33.9 Å². The second-order valence-electron chi connectivity index (χ2n) is 6.22. The number of hydrogen-bond acceptors (Lipinski definition) is 5. The van der Waals surface area contributed by atoms with E-state index >= 15 is 0 Å². The third kappa shape index (κ3) is 3.52. The van der Waals surface area contributed by atoms with Crippen molar-refractivity contribution in [3.8, 4) is 0 Å². The maximum Gasteiger partial charge on any atom is 0.263 e. The molecule has 0 bridgehead atoms. The SMILES string of the molecule is CCO[C@H](C)c1nc(C)c(C(=O)N[C@@H]2CCc3nc(C)cn3C2)s1. The molecule has 2 aromatic rings. The average molecular weight is 348 g/mol. The van der Waals surface area contributed by atoms with Gasteiger partial charge in [0.15, 0.2) is 0 Å². The summed E-state index contributed by atoms with van der Waals surface area (Å²) in [6, 6.07) is 0.132. The zero-order chi connectivity index (χ0) is 17.3. The van der Waals surface area contributed by atoms with E-state index in [2.05, 4.69) is 19.9 Å². The molecule has 0 unspecified atom stereocenters. The summed E-state index contributed by atoms with van der Waals surface area (Å²) >= 11 is 1.43. The highest BCUT2D eigenvalue weighted by atomic mass is 32.1. The fourth-order valence-electron chi connectivity index (χ4n) is 3.08. The number of nitrogens with one attached hydrogen (secondary N) is 1. The number of fused-ring (bicyclic) bond motifs is 1. The van der Waals surface area contributed by atoms with Crippen LogP contribution >= 0.6 is 11.3 Å². The molecule has 1 N–H and O–H groups in total. The van der Waals surface area contributed by atoms with Gasteiger partial charge in [0.25, 0.3) is 5.91 Å². The van der Waals surface area contributed by atoms with Crippen LogP contribution in [0.3, 0.4) is 0 Å². The molecule has 2 atom stereocenters. The summed E-state index contributed by atoms with van der Waals surface area (Å²) in [5.41, 5.74) is 1.80. The van der Waals surface area contributed by atoms with Crippen molar-refractivity contribution >= 4 is 17.2 Å². The lowest BCUT2D eigenvalue weighted by atomic mass is 10.1. The maximum absolute atomic E-state index is 12.6. The van der Waals surface area contributed by atoms with E-state index in [0.29, 0.717) is 11.5 Å². The minimum absolute atomic E-state index is 0.0368. The molecule has 1 aliphatic rings. The Morgan fingerprint density at radius 2 is 2.29 bits per heavy atom. The van der Waals surface area contributed by atoms with Crippen molar-refractivity contribution in [3.63, 3.8) is 0 Å². The molecule has 0 spiro atoms. The third-order valence-electron chi connectivity index (χ3n) is 4.23. The molecule has 0 radical (unpaired) electrons. The van der Waals surface area contributed by atoms with Crippen LogP contribution in [0.5, 0.6) is 0 Å². The molecule has 0 fully saturated rings. The zero-order valence-corrected chi connectivity index (χ0v) is 15.4. The Bertz CT molecular complexity index is 737. The normalized spacial score (nSPS) is 18.2. The second-order valence-corrected chi connectivity index (χ2v) is 7.25. The average Bonchev–Trinajstić information content (AvgIpc) is 3.09. The number of nitrogens with zero attached hydrogens (tertiary/aromatic N) is 3. The van der Waals surface area contributed by atoms with E-state index in [0.717, 1.165) is 41.6 Å².